The number of methoxy groups -OCH3 is 1. The third-order valence-electron chi connectivity index (χ3n) is 4.56. The van der Waals surface area contributed by atoms with Crippen molar-refractivity contribution in [1.29, 1.82) is 0 Å². The largest absolute Gasteiger partial charge is 0.497 e. The normalized spacial score (nSPS) is 10.8. The molecule has 8 nitrogen and oxygen atoms in total. The fourth-order valence-corrected chi connectivity index (χ4v) is 3.09. The Morgan fingerprint density at radius 2 is 1.84 bits per heavy atom. The molecule has 1 N–H and O–H groups in total. The SMILES string of the molecule is COc1cccc(CNC(=O)COC(=O)c2nn(CC(C)C)c(=O)c3ccccc23)c1. The van der Waals surface area contributed by atoms with Crippen LogP contribution in [-0.4, -0.2) is 35.4 Å². The summed E-state index contributed by atoms with van der Waals surface area (Å²) in [6, 6.07) is 14.0. The number of aromatic nitrogens is 2. The average Bonchev–Trinajstić information content (AvgIpc) is 2.77. The Labute approximate surface area is 179 Å². The summed E-state index contributed by atoms with van der Waals surface area (Å²) in [4.78, 5) is 37.5. The van der Waals surface area contributed by atoms with Gasteiger partial charge in [0.05, 0.1) is 12.5 Å². The number of hydrogen-bond donors (Lipinski definition) is 1. The van der Waals surface area contributed by atoms with E-state index in [4.69, 9.17) is 9.47 Å². The second kappa shape index (κ2) is 9.88. The van der Waals surface area contributed by atoms with Crippen LogP contribution in [0.1, 0.15) is 29.9 Å². The van der Waals surface area contributed by atoms with Crippen molar-refractivity contribution in [2.24, 2.45) is 5.92 Å². The molecule has 0 aliphatic rings. The van der Waals surface area contributed by atoms with Crippen molar-refractivity contribution in [3.05, 3.63) is 70.1 Å². The van der Waals surface area contributed by atoms with E-state index in [0.29, 0.717) is 23.1 Å². The summed E-state index contributed by atoms with van der Waals surface area (Å²) in [5.41, 5.74) is 0.598. The van der Waals surface area contributed by atoms with E-state index in [-0.39, 0.29) is 23.7 Å². The van der Waals surface area contributed by atoms with Crippen LogP contribution in [0.5, 0.6) is 5.75 Å². The number of nitrogens with zero attached hydrogens (tertiary/aromatic N) is 2. The first-order valence-electron chi connectivity index (χ1n) is 9.95. The monoisotopic (exact) mass is 423 g/mol. The zero-order chi connectivity index (χ0) is 22.4. The lowest BCUT2D eigenvalue weighted by atomic mass is 10.1. The maximum absolute atomic E-state index is 12.7. The number of hydrogen-bond acceptors (Lipinski definition) is 6. The van der Waals surface area contributed by atoms with Gasteiger partial charge in [0, 0.05) is 18.5 Å². The molecule has 0 aliphatic heterocycles. The van der Waals surface area contributed by atoms with Crippen molar-refractivity contribution in [2.75, 3.05) is 13.7 Å². The van der Waals surface area contributed by atoms with Crippen LogP contribution in [0.15, 0.2) is 53.3 Å². The van der Waals surface area contributed by atoms with Crippen molar-refractivity contribution >= 4 is 22.6 Å². The minimum absolute atomic E-state index is 0.0106. The Hall–Kier alpha value is -3.68. The molecule has 0 saturated carbocycles. The van der Waals surface area contributed by atoms with Gasteiger partial charge in [0.1, 0.15) is 5.75 Å². The van der Waals surface area contributed by atoms with Crippen molar-refractivity contribution < 1.29 is 19.1 Å². The molecule has 2 aromatic carbocycles. The maximum atomic E-state index is 12.7. The van der Waals surface area contributed by atoms with E-state index in [0.717, 1.165) is 5.56 Å². The summed E-state index contributed by atoms with van der Waals surface area (Å²) >= 11 is 0. The molecule has 1 aromatic heterocycles. The lowest BCUT2D eigenvalue weighted by Gasteiger charge is -2.12. The van der Waals surface area contributed by atoms with Crippen molar-refractivity contribution in [3.8, 4) is 5.75 Å². The minimum atomic E-state index is -0.759. The van der Waals surface area contributed by atoms with Gasteiger partial charge in [0.15, 0.2) is 12.3 Å². The number of esters is 1. The molecule has 8 heteroatoms. The average molecular weight is 423 g/mol. The van der Waals surface area contributed by atoms with Crippen molar-refractivity contribution in [2.45, 2.75) is 26.9 Å². The van der Waals surface area contributed by atoms with Crippen LogP contribution in [0, 0.1) is 5.92 Å². The molecule has 0 unspecified atom stereocenters. The van der Waals surface area contributed by atoms with Crippen LogP contribution in [0.25, 0.3) is 10.8 Å². The molecule has 1 heterocycles. The first-order chi connectivity index (χ1) is 14.9. The van der Waals surface area contributed by atoms with Crippen molar-refractivity contribution in [1.82, 2.24) is 15.1 Å². The van der Waals surface area contributed by atoms with Crippen LogP contribution >= 0.6 is 0 Å². The van der Waals surface area contributed by atoms with Gasteiger partial charge in [-0.05, 0) is 29.7 Å². The van der Waals surface area contributed by atoms with Crippen LogP contribution < -0.4 is 15.6 Å². The Bertz CT molecular complexity index is 1150. The number of fused-ring (bicyclic) bond motifs is 1. The molecule has 0 atom stereocenters. The maximum Gasteiger partial charge on any atom is 0.359 e. The van der Waals surface area contributed by atoms with Crippen molar-refractivity contribution in [3.63, 3.8) is 0 Å². The number of carbonyl (C=O) groups is 2. The summed E-state index contributed by atoms with van der Waals surface area (Å²) < 4.78 is 11.6. The number of amides is 1. The molecule has 3 aromatic rings. The number of benzene rings is 2. The van der Waals surface area contributed by atoms with Gasteiger partial charge in [-0.1, -0.05) is 44.2 Å². The third-order valence-corrected chi connectivity index (χ3v) is 4.56. The van der Waals surface area contributed by atoms with Gasteiger partial charge in [-0.25, -0.2) is 9.48 Å². The molecule has 31 heavy (non-hydrogen) atoms. The van der Waals surface area contributed by atoms with E-state index in [1.807, 2.05) is 32.0 Å². The van der Waals surface area contributed by atoms with E-state index in [2.05, 4.69) is 10.4 Å². The fraction of sp³-hybridized carbons (Fsp3) is 0.304. The first-order valence-corrected chi connectivity index (χ1v) is 9.95. The molecule has 162 valence electrons. The highest BCUT2D eigenvalue weighted by Gasteiger charge is 2.19. The predicted molar refractivity (Wildman–Crippen MR) is 116 cm³/mol. The Balaban J connectivity index is 1.70. The second-order valence-electron chi connectivity index (χ2n) is 7.48. The molecular formula is C23H25N3O5. The number of nitrogens with one attached hydrogen (secondary N) is 1. The zero-order valence-electron chi connectivity index (χ0n) is 17.8. The summed E-state index contributed by atoms with van der Waals surface area (Å²) in [5, 5.41) is 7.69. The Morgan fingerprint density at radius 3 is 2.55 bits per heavy atom. The predicted octanol–water partition coefficient (Wildman–Crippen LogP) is 2.53. The van der Waals surface area contributed by atoms with Crippen LogP contribution in [0.4, 0.5) is 0 Å². The molecule has 1 amide bonds. The number of carbonyl (C=O) groups excluding carboxylic acids is 2. The Kier molecular flexibility index (Phi) is 7.02. The van der Waals surface area contributed by atoms with E-state index < -0.39 is 18.5 Å². The second-order valence-corrected chi connectivity index (χ2v) is 7.48. The molecule has 0 fully saturated rings. The van der Waals surface area contributed by atoms with Gasteiger partial charge in [0.2, 0.25) is 0 Å². The van der Waals surface area contributed by atoms with Gasteiger partial charge in [-0.15, -0.1) is 0 Å². The summed E-state index contributed by atoms with van der Waals surface area (Å²) in [5.74, 6) is -0.355. The molecule has 0 saturated heterocycles. The van der Waals surface area contributed by atoms with E-state index in [9.17, 15) is 14.4 Å². The molecule has 0 spiro atoms. The molecule has 0 radical (unpaired) electrons. The highest BCUT2D eigenvalue weighted by atomic mass is 16.5. The van der Waals surface area contributed by atoms with Crippen LogP contribution in [-0.2, 0) is 22.6 Å². The number of ether oxygens (including phenoxy) is 2. The molecule has 0 bridgehead atoms. The summed E-state index contributed by atoms with van der Waals surface area (Å²) in [7, 11) is 1.57. The van der Waals surface area contributed by atoms with Gasteiger partial charge in [0.25, 0.3) is 11.5 Å². The lowest BCUT2D eigenvalue weighted by Crippen LogP contribution is -2.30. The smallest absolute Gasteiger partial charge is 0.359 e. The van der Waals surface area contributed by atoms with E-state index in [1.165, 1.54) is 4.68 Å². The summed E-state index contributed by atoms with van der Waals surface area (Å²) in [6.45, 7) is 4.09. The highest BCUT2D eigenvalue weighted by Crippen LogP contribution is 2.15. The minimum Gasteiger partial charge on any atom is -0.497 e. The first kappa shape index (κ1) is 22.0. The van der Waals surface area contributed by atoms with E-state index >= 15 is 0 Å². The van der Waals surface area contributed by atoms with Gasteiger partial charge >= 0.3 is 5.97 Å². The summed E-state index contributed by atoms with van der Waals surface area (Å²) in [6.07, 6.45) is 0. The standard InChI is InChI=1S/C23H25N3O5/c1-15(2)13-26-22(28)19-10-5-4-9-18(19)21(25-26)23(29)31-14-20(27)24-12-16-7-6-8-17(11-16)30-3/h4-11,15H,12-14H2,1-3H3,(H,24,27). The third kappa shape index (κ3) is 5.48. The van der Waals surface area contributed by atoms with Crippen LogP contribution in [0.3, 0.4) is 0 Å². The topological polar surface area (TPSA) is 99.5 Å². The molecular weight excluding hydrogens is 398 g/mol. The molecule has 3 rings (SSSR count). The fourth-order valence-electron chi connectivity index (χ4n) is 3.09. The Morgan fingerprint density at radius 1 is 1.10 bits per heavy atom. The van der Waals surface area contributed by atoms with E-state index in [1.54, 1.807) is 37.4 Å². The van der Waals surface area contributed by atoms with Crippen LogP contribution in [0.2, 0.25) is 0 Å². The van der Waals surface area contributed by atoms with Gasteiger partial charge in [-0.2, -0.15) is 5.10 Å². The molecule has 0 aliphatic carbocycles. The van der Waals surface area contributed by atoms with Gasteiger partial charge < -0.3 is 14.8 Å². The van der Waals surface area contributed by atoms with Gasteiger partial charge in [-0.3, -0.25) is 9.59 Å². The lowest BCUT2D eigenvalue weighted by molar-refractivity contribution is -0.124. The highest BCUT2D eigenvalue weighted by molar-refractivity contribution is 6.02. The quantitative estimate of drug-likeness (QED) is 0.559. The zero-order valence-corrected chi connectivity index (χ0v) is 17.8. The number of rotatable bonds is 8.